The molecular weight excluding hydrogens is 352 g/mol. The van der Waals surface area contributed by atoms with Crippen molar-refractivity contribution in [3.8, 4) is 11.4 Å². The minimum Gasteiger partial charge on any atom is -0.494 e. The molecule has 152 valence electrons. The normalized spacial score (nSPS) is 17.6. The highest BCUT2D eigenvalue weighted by Crippen LogP contribution is 2.18. The number of nitrogens with zero attached hydrogens (tertiary/aromatic N) is 3. The molecule has 2 aromatic rings. The van der Waals surface area contributed by atoms with Crippen LogP contribution in [-0.4, -0.2) is 51.9 Å². The first kappa shape index (κ1) is 20.4. The second-order valence-corrected chi connectivity index (χ2v) is 8.60. The molecule has 1 aliphatic rings. The Bertz CT molecular complexity index is 777. The van der Waals surface area contributed by atoms with Gasteiger partial charge in [-0.25, -0.2) is 4.68 Å². The van der Waals surface area contributed by atoms with Gasteiger partial charge in [0.1, 0.15) is 5.75 Å². The van der Waals surface area contributed by atoms with Crippen molar-refractivity contribution < 1.29 is 9.53 Å². The van der Waals surface area contributed by atoms with Crippen molar-refractivity contribution in [2.45, 2.75) is 58.5 Å². The topological polar surface area (TPSA) is 59.4 Å². The van der Waals surface area contributed by atoms with Gasteiger partial charge >= 0.3 is 0 Å². The molecule has 1 unspecified atom stereocenters. The van der Waals surface area contributed by atoms with Gasteiger partial charge in [0, 0.05) is 24.3 Å². The molecule has 1 fully saturated rings. The number of ether oxygens (including phenoxy) is 1. The summed E-state index contributed by atoms with van der Waals surface area (Å²) in [5.74, 6) is 0.738. The van der Waals surface area contributed by atoms with Crippen LogP contribution >= 0.6 is 0 Å². The Hall–Kier alpha value is -2.34. The molecule has 28 heavy (non-hydrogen) atoms. The molecule has 1 atom stereocenters. The van der Waals surface area contributed by atoms with Gasteiger partial charge < -0.3 is 15.0 Å². The third-order valence-corrected chi connectivity index (χ3v) is 4.98. The van der Waals surface area contributed by atoms with Gasteiger partial charge in [-0.1, -0.05) is 0 Å². The molecule has 1 N–H and O–H groups in total. The van der Waals surface area contributed by atoms with Crippen LogP contribution in [0.3, 0.4) is 0 Å². The van der Waals surface area contributed by atoms with Crippen LogP contribution in [0.4, 0.5) is 0 Å². The molecule has 6 heteroatoms. The Kier molecular flexibility index (Phi) is 6.39. The number of likely N-dealkylation sites (tertiary alicyclic amines) is 1. The molecule has 1 saturated heterocycles. The van der Waals surface area contributed by atoms with Crippen LogP contribution in [0.1, 0.15) is 57.3 Å². The minimum absolute atomic E-state index is 0.119. The molecule has 6 nitrogen and oxygen atoms in total. The summed E-state index contributed by atoms with van der Waals surface area (Å²) in [6.07, 6.45) is 7.00. The van der Waals surface area contributed by atoms with Crippen molar-refractivity contribution in [3.63, 3.8) is 0 Å². The second-order valence-electron chi connectivity index (χ2n) is 8.60. The van der Waals surface area contributed by atoms with Crippen LogP contribution in [0.5, 0.6) is 5.75 Å². The van der Waals surface area contributed by atoms with Crippen LogP contribution in [0.25, 0.3) is 5.69 Å². The molecule has 0 saturated carbocycles. The fourth-order valence-electron chi connectivity index (χ4n) is 3.47. The van der Waals surface area contributed by atoms with E-state index in [1.165, 1.54) is 19.4 Å². The molecule has 0 radical (unpaired) electrons. The highest BCUT2D eigenvalue weighted by molar-refractivity contribution is 5.94. The van der Waals surface area contributed by atoms with E-state index in [0.29, 0.717) is 11.6 Å². The fraction of sp³-hybridized carbons (Fsp3) is 0.545. The molecular formula is C22H32N4O2. The third-order valence-electron chi connectivity index (χ3n) is 4.98. The maximum atomic E-state index is 12.2. The van der Waals surface area contributed by atoms with E-state index >= 15 is 0 Å². The summed E-state index contributed by atoms with van der Waals surface area (Å²) in [5, 5.41) is 7.25. The molecule has 0 spiro atoms. The lowest BCUT2D eigenvalue weighted by molar-refractivity contribution is 0.0919. The maximum Gasteiger partial charge on any atom is 0.254 e. The highest BCUT2D eigenvalue weighted by Gasteiger charge is 2.19. The van der Waals surface area contributed by atoms with Gasteiger partial charge in [-0.3, -0.25) is 4.79 Å². The largest absolute Gasteiger partial charge is 0.494 e. The first-order valence-corrected chi connectivity index (χ1v) is 10.2. The Morgan fingerprint density at radius 3 is 2.68 bits per heavy atom. The smallest absolute Gasteiger partial charge is 0.254 e. The van der Waals surface area contributed by atoms with Gasteiger partial charge in [-0.2, -0.15) is 5.10 Å². The molecule has 3 rings (SSSR count). The van der Waals surface area contributed by atoms with E-state index in [1.807, 2.05) is 45.0 Å². The van der Waals surface area contributed by atoms with Crippen LogP contribution in [0.2, 0.25) is 0 Å². The van der Waals surface area contributed by atoms with Crippen LogP contribution in [-0.2, 0) is 0 Å². The average Bonchev–Trinajstić information content (AvgIpc) is 3.27. The summed E-state index contributed by atoms with van der Waals surface area (Å²) in [4.78, 5) is 14.8. The number of hydrogen-bond donors (Lipinski definition) is 1. The molecule has 0 bridgehead atoms. The zero-order chi connectivity index (χ0) is 20.1. The predicted molar refractivity (Wildman–Crippen MR) is 111 cm³/mol. The van der Waals surface area contributed by atoms with E-state index in [1.54, 1.807) is 17.1 Å². The van der Waals surface area contributed by atoms with Crippen molar-refractivity contribution in [3.05, 3.63) is 42.2 Å². The SMILES string of the molecule is CC1CCCN1CCCOc1ccc(-n2cc(C(=O)NC(C)(C)C)cn2)cc1. The van der Waals surface area contributed by atoms with Gasteiger partial charge in [0.25, 0.3) is 5.91 Å². The van der Waals surface area contributed by atoms with E-state index in [4.69, 9.17) is 4.74 Å². The molecule has 1 aliphatic heterocycles. The number of rotatable bonds is 7. The summed E-state index contributed by atoms with van der Waals surface area (Å²) in [7, 11) is 0. The zero-order valence-corrected chi connectivity index (χ0v) is 17.4. The minimum atomic E-state index is -0.273. The van der Waals surface area contributed by atoms with Gasteiger partial charge in [0.2, 0.25) is 0 Å². The summed E-state index contributed by atoms with van der Waals surface area (Å²) in [6.45, 7) is 11.2. The lowest BCUT2D eigenvalue weighted by Gasteiger charge is -2.20. The first-order valence-electron chi connectivity index (χ1n) is 10.2. The molecule has 1 aromatic heterocycles. The standard InChI is InChI=1S/C22H32N4O2/c1-17-7-5-12-25(17)13-6-14-28-20-10-8-19(9-11-20)26-16-18(15-23-26)21(27)24-22(2,3)4/h8-11,15-17H,5-7,12-14H2,1-4H3,(H,24,27). The van der Waals surface area contributed by atoms with E-state index < -0.39 is 0 Å². The van der Waals surface area contributed by atoms with Crippen LogP contribution < -0.4 is 10.1 Å². The predicted octanol–water partition coefficient (Wildman–Crippen LogP) is 3.65. The number of nitrogens with one attached hydrogen (secondary N) is 1. The molecule has 2 heterocycles. The Morgan fingerprint density at radius 1 is 1.29 bits per heavy atom. The van der Waals surface area contributed by atoms with Crippen molar-refractivity contribution in [1.82, 2.24) is 20.0 Å². The van der Waals surface area contributed by atoms with E-state index in [9.17, 15) is 4.79 Å². The summed E-state index contributed by atoms with van der Waals surface area (Å²) < 4.78 is 7.57. The summed E-state index contributed by atoms with van der Waals surface area (Å²) >= 11 is 0. The van der Waals surface area contributed by atoms with Gasteiger partial charge in [-0.05, 0) is 77.8 Å². The molecule has 1 amide bonds. The quantitative estimate of drug-likeness (QED) is 0.740. The van der Waals surface area contributed by atoms with Crippen LogP contribution in [0.15, 0.2) is 36.7 Å². The summed E-state index contributed by atoms with van der Waals surface area (Å²) in [5.41, 5.74) is 1.17. The van der Waals surface area contributed by atoms with Gasteiger partial charge in [0.15, 0.2) is 0 Å². The van der Waals surface area contributed by atoms with Crippen LogP contribution in [0, 0.1) is 0 Å². The van der Waals surface area contributed by atoms with Crippen molar-refractivity contribution in [2.24, 2.45) is 0 Å². The Morgan fingerprint density at radius 2 is 2.04 bits per heavy atom. The molecule has 0 aliphatic carbocycles. The summed E-state index contributed by atoms with van der Waals surface area (Å²) in [6, 6.07) is 8.52. The van der Waals surface area contributed by atoms with E-state index in [0.717, 1.165) is 31.0 Å². The number of amides is 1. The Balaban J connectivity index is 1.49. The maximum absolute atomic E-state index is 12.2. The lowest BCUT2D eigenvalue weighted by Crippen LogP contribution is -2.40. The van der Waals surface area contributed by atoms with E-state index in [2.05, 4.69) is 22.2 Å². The zero-order valence-electron chi connectivity index (χ0n) is 17.4. The van der Waals surface area contributed by atoms with Crippen molar-refractivity contribution in [2.75, 3.05) is 19.7 Å². The number of benzene rings is 1. The third kappa shape index (κ3) is 5.58. The van der Waals surface area contributed by atoms with Crippen molar-refractivity contribution >= 4 is 5.91 Å². The fourth-order valence-corrected chi connectivity index (χ4v) is 3.47. The Labute approximate surface area is 167 Å². The number of hydrogen-bond acceptors (Lipinski definition) is 4. The lowest BCUT2D eigenvalue weighted by atomic mass is 10.1. The van der Waals surface area contributed by atoms with Crippen molar-refractivity contribution in [1.29, 1.82) is 0 Å². The highest BCUT2D eigenvalue weighted by atomic mass is 16.5. The number of aromatic nitrogens is 2. The monoisotopic (exact) mass is 384 g/mol. The number of carbonyl (C=O) groups is 1. The van der Waals surface area contributed by atoms with E-state index in [-0.39, 0.29) is 11.4 Å². The van der Waals surface area contributed by atoms with Gasteiger partial charge in [0.05, 0.1) is 24.1 Å². The van der Waals surface area contributed by atoms with Gasteiger partial charge in [-0.15, -0.1) is 0 Å². The molecule has 1 aromatic carbocycles. The average molecular weight is 385 g/mol. The first-order chi connectivity index (χ1) is 13.3. The number of carbonyl (C=O) groups excluding carboxylic acids is 1. The second kappa shape index (κ2) is 8.78.